The number of nitro groups is 1. The van der Waals surface area contributed by atoms with Gasteiger partial charge in [0, 0.05) is 18.7 Å². The molecular weight excluding hydrogens is 290 g/mol. The van der Waals surface area contributed by atoms with Crippen LogP contribution in [0.15, 0.2) is 24.3 Å². The number of nitrogens with one attached hydrogen (secondary N) is 2. The van der Waals surface area contributed by atoms with Crippen LogP contribution in [-0.2, 0) is 19.7 Å². The van der Waals surface area contributed by atoms with Gasteiger partial charge < -0.3 is 4.74 Å². The van der Waals surface area contributed by atoms with E-state index in [9.17, 15) is 23.3 Å². The Bertz CT molecular complexity index is 584. The molecule has 0 amide bonds. The summed E-state index contributed by atoms with van der Waals surface area (Å²) < 4.78 is 31.8. The van der Waals surface area contributed by atoms with Gasteiger partial charge in [-0.1, -0.05) is 0 Å². The van der Waals surface area contributed by atoms with Crippen molar-refractivity contribution in [3.05, 3.63) is 34.4 Å². The summed E-state index contributed by atoms with van der Waals surface area (Å²) in [6, 6.07) is 4.87. The summed E-state index contributed by atoms with van der Waals surface area (Å²) in [5.41, 5.74) is 0.0211. The highest BCUT2D eigenvalue weighted by atomic mass is 32.2. The summed E-state index contributed by atoms with van der Waals surface area (Å²) in [5.74, 6) is -0.539. The standard InChI is InChI=1S/C10H13N3O6S/c1-19-10(14)6-7-11-20(17,18)12-8-2-4-9(5-3-8)13(15)16/h2-5,11-12H,6-7H2,1H3. The molecule has 9 nitrogen and oxygen atoms in total. The number of benzene rings is 1. The third-order valence-electron chi connectivity index (χ3n) is 2.18. The first-order chi connectivity index (χ1) is 9.34. The van der Waals surface area contributed by atoms with Crippen molar-refractivity contribution < 1.29 is 22.9 Å². The molecule has 0 aromatic heterocycles. The van der Waals surface area contributed by atoms with Crippen LogP contribution in [0.5, 0.6) is 0 Å². The van der Waals surface area contributed by atoms with E-state index in [-0.39, 0.29) is 24.3 Å². The van der Waals surface area contributed by atoms with E-state index in [1.54, 1.807) is 0 Å². The number of anilines is 1. The molecule has 0 aliphatic heterocycles. The molecule has 0 saturated heterocycles. The molecule has 1 rings (SSSR count). The number of ether oxygens (including phenoxy) is 1. The molecule has 0 radical (unpaired) electrons. The zero-order valence-corrected chi connectivity index (χ0v) is 11.3. The number of hydrogen-bond acceptors (Lipinski definition) is 6. The topological polar surface area (TPSA) is 128 Å². The molecule has 0 bridgehead atoms. The third kappa shape index (κ3) is 5.20. The third-order valence-corrected chi connectivity index (χ3v) is 3.27. The number of rotatable bonds is 7. The number of carbonyl (C=O) groups excluding carboxylic acids is 1. The van der Waals surface area contributed by atoms with Gasteiger partial charge in [-0.15, -0.1) is 0 Å². The van der Waals surface area contributed by atoms with Crippen molar-refractivity contribution in [2.24, 2.45) is 0 Å². The van der Waals surface area contributed by atoms with Gasteiger partial charge in [-0.05, 0) is 12.1 Å². The molecule has 0 unspecified atom stereocenters. The van der Waals surface area contributed by atoms with Crippen LogP contribution in [0.25, 0.3) is 0 Å². The first-order valence-corrected chi connectivity index (χ1v) is 6.91. The Hall–Kier alpha value is -2.20. The second-order valence-corrected chi connectivity index (χ2v) is 5.13. The van der Waals surface area contributed by atoms with Gasteiger partial charge >= 0.3 is 5.97 Å². The normalized spacial score (nSPS) is 10.8. The number of non-ortho nitro benzene ring substituents is 1. The fourth-order valence-electron chi connectivity index (χ4n) is 1.23. The summed E-state index contributed by atoms with van der Waals surface area (Å²) in [5, 5.41) is 10.4. The van der Waals surface area contributed by atoms with Crippen LogP contribution in [0.1, 0.15) is 6.42 Å². The number of methoxy groups -OCH3 is 1. The van der Waals surface area contributed by atoms with Crippen LogP contribution in [0, 0.1) is 10.1 Å². The highest BCUT2D eigenvalue weighted by Gasteiger charge is 2.11. The summed E-state index contributed by atoms with van der Waals surface area (Å²) in [6.45, 7) is -0.116. The quantitative estimate of drug-likeness (QED) is 0.426. The molecule has 1 aromatic carbocycles. The summed E-state index contributed by atoms with van der Waals surface area (Å²) in [6.07, 6.45) is -0.0995. The summed E-state index contributed by atoms with van der Waals surface area (Å²) >= 11 is 0. The first kappa shape index (κ1) is 15.9. The largest absolute Gasteiger partial charge is 0.469 e. The van der Waals surface area contributed by atoms with E-state index in [0.29, 0.717) is 0 Å². The second kappa shape index (κ2) is 6.82. The molecule has 110 valence electrons. The van der Waals surface area contributed by atoms with Crippen molar-refractivity contribution in [2.45, 2.75) is 6.42 Å². The van der Waals surface area contributed by atoms with E-state index >= 15 is 0 Å². The number of esters is 1. The molecular formula is C10H13N3O6S. The van der Waals surface area contributed by atoms with Crippen LogP contribution in [0.3, 0.4) is 0 Å². The lowest BCUT2D eigenvalue weighted by Gasteiger charge is -2.08. The minimum Gasteiger partial charge on any atom is -0.469 e. The van der Waals surface area contributed by atoms with Gasteiger partial charge in [-0.3, -0.25) is 19.6 Å². The maximum Gasteiger partial charge on any atom is 0.306 e. The van der Waals surface area contributed by atoms with Gasteiger partial charge in [0.05, 0.1) is 24.1 Å². The molecule has 0 fully saturated rings. The van der Waals surface area contributed by atoms with Crippen LogP contribution in [-0.4, -0.2) is 33.0 Å². The first-order valence-electron chi connectivity index (χ1n) is 5.43. The predicted molar refractivity (Wildman–Crippen MR) is 70.3 cm³/mol. The lowest BCUT2D eigenvalue weighted by Crippen LogP contribution is -2.32. The van der Waals surface area contributed by atoms with Gasteiger partial charge in [-0.2, -0.15) is 13.1 Å². The SMILES string of the molecule is COC(=O)CCNS(=O)(=O)Nc1ccc([N+](=O)[O-])cc1. The van der Waals surface area contributed by atoms with Gasteiger partial charge in [0.2, 0.25) is 0 Å². The average Bonchev–Trinajstić information content (AvgIpc) is 2.38. The Morgan fingerprint density at radius 3 is 2.45 bits per heavy atom. The van der Waals surface area contributed by atoms with Gasteiger partial charge in [0.1, 0.15) is 0 Å². The number of nitro benzene ring substituents is 1. The van der Waals surface area contributed by atoms with Crippen LogP contribution < -0.4 is 9.44 Å². The van der Waals surface area contributed by atoms with Crippen molar-refractivity contribution in [1.82, 2.24) is 4.72 Å². The number of carbonyl (C=O) groups is 1. The average molecular weight is 303 g/mol. The maximum absolute atomic E-state index is 11.6. The molecule has 0 aliphatic carbocycles. The van der Waals surface area contributed by atoms with Gasteiger partial charge in [0.25, 0.3) is 15.9 Å². The zero-order chi connectivity index (χ0) is 15.2. The van der Waals surface area contributed by atoms with Crippen LogP contribution in [0.4, 0.5) is 11.4 Å². The van der Waals surface area contributed by atoms with Crippen molar-refractivity contribution in [3.63, 3.8) is 0 Å². The number of hydrogen-bond donors (Lipinski definition) is 2. The molecule has 10 heteroatoms. The smallest absolute Gasteiger partial charge is 0.306 e. The Morgan fingerprint density at radius 2 is 1.95 bits per heavy atom. The highest BCUT2D eigenvalue weighted by molar-refractivity contribution is 7.90. The Morgan fingerprint density at radius 1 is 1.35 bits per heavy atom. The molecule has 2 N–H and O–H groups in total. The molecule has 0 spiro atoms. The van der Waals surface area contributed by atoms with E-state index < -0.39 is 21.1 Å². The second-order valence-electron chi connectivity index (χ2n) is 3.63. The zero-order valence-electron chi connectivity index (χ0n) is 10.5. The van der Waals surface area contributed by atoms with E-state index in [4.69, 9.17) is 0 Å². The van der Waals surface area contributed by atoms with Crippen molar-refractivity contribution in [3.8, 4) is 0 Å². The monoisotopic (exact) mass is 303 g/mol. The maximum atomic E-state index is 11.6. The minimum absolute atomic E-state index is 0.0995. The summed E-state index contributed by atoms with van der Waals surface area (Å²) in [4.78, 5) is 20.7. The van der Waals surface area contributed by atoms with E-state index in [1.807, 2.05) is 0 Å². The van der Waals surface area contributed by atoms with Gasteiger partial charge in [0.15, 0.2) is 0 Å². The lowest BCUT2D eigenvalue weighted by atomic mass is 10.3. The Kier molecular flexibility index (Phi) is 5.41. The van der Waals surface area contributed by atoms with E-state index in [0.717, 1.165) is 0 Å². The predicted octanol–water partition coefficient (Wildman–Crippen LogP) is 0.404. The molecule has 0 saturated carbocycles. The lowest BCUT2D eigenvalue weighted by molar-refractivity contribution is -0.384. The molecule has 20 heavy (non-hydrogen) atoms. The molecule has 0 atom stereocenters. The highest BCUT2D eigenvalue weighted by Crippen LogP contribution is 2.15. The number of nitrogens with zero attached hydrogens (tertiary/aromatic N) is 1. The van der Waals surface area contributed by atoms with E-state index in [1.165, 1.54) is 31.4 Å². The summed E-state index contributed by atoms with van der Waals surface area (Å²) in [7, 11) is -2.65. The minimum atomic E-state index is -3.85. The van der Waals surface area contributed by atoms with Crippen molar-refractivity contribution in [1.29, 1.82) is 0 Å². The Labute approximate surface area is 115 Å². The van der Waals surface area contributed by atoms with Crippen molar-refractivity contribution in [2.75, 3.05) is 18.4 Å². The van der Waals surface area contributed by atoms with Crippen LogP contribution >= 0.6 is 0 Å². The van der Waals surface area contributed by atoms with Crippen molar-refractivity contribution >= 4 is 27.6 Å². The molecule has 0 heterocycles. The Balaban J connectivity index is 2.57. The fourth-order valence-corrected chi connectivity index (χ4v) is 2.12. The molecule has 0 aliphatic rings. The fraction of sp³-hybridized carbons (Fsp3) is 0.300. The van der Waals surface area contributed by atoms with Crippen LogP contribution in [0.2, 0.25) is 0 Å². The van der Waals surface area contributed by atoms with E-state index in [2.05, 4.69) is 14.2 Å². The van der Waals surface area contributed by atoms with Gasteiger partial charge in [-0.25, -0.2) is 0 Å². The molecule has 1 aromatic rings.